The lowest BCUT2D eigenvalue weighted by Gasteiger charge is -2.51. The van der Waals surface area contributed by atoms with Gasteiger partial charge >= 0.3 is 12.1 Å². The van der Waals surface area contributed by atoms with Crippen molar-refractivity contribution < 1.29 is 31.3 Å². The van der Waals surface area contributed by atoms with Crippen LogP contribution in [-0.2, 0) is 22.4 Å². The van der Waals surface area contributed by atoms with Crippen molar-refractivity contribution in [3.63, 3.8) is 0 Å². The van der Waals surface area contributed by atoms with E-state index < -0.39 is 36.1 Å². The van der Waals surface area contributed by atoms with Gasteiger partial charge in [-0.05, 0) is 85.8 Å². The Morgan fingerprint density at radius 3 is 2.65 bits per heavy atom. The van der Waals surface area contributed by atoms with E-state index in [9.17, 15) is 31.3 Å². The third kappa shape index (κ3) is 4.91. The number of fused-ring (bicyclic) bond motifs is 5. The zero-order chi connectivity index (χ0) is 24.7. The summed E-state index contributed by atoms with van der Waals surface area (Å²) < 4.78 is 75.4. The normalized spacial score (nSPS) is 32.1. The maximum Gasteiger partial charge on any atom is 0.453 e. The minimum absolute atomic E-state index is 0.143. The van der Waals surface area contributed by atoms with Crippen molar-refractivity contribution in [1.29, 1.82) is 0 Å². The van der Waals surface area contributed by atoms with E-state index in [4.69, 9.17) is 0 Å². The summed E-state index contributed by atoms with van der Waals surface area (Å²) in [7, 11) is 0. The average Bonchev–Trinajstić information content (AvgIpc) is 3.07. The maximum absolute atomic E-state index is 13.1. The molecule has 0 bridgehead atoms. The lowest BCUT2D eigenvalue weighted by Crippen LogP contribution is -2.46. The van der Waals surface area contributed by atoms with E-state index in [-0.39, 0.29) is 11.2 Å². The first kappa shape index (κ1) is 25.9. The Balaban J connectivity index is 1.37. The summed E-state index contributed by atoms with van der Waals surface area (Å²) in [5.41, 5.74) is 2.40. The fourth-order valence-electron chi connectivity index (χ4n) is 6.92. The molecular weight excluding hydrogens is 471 g/mol. The molecule has 0 N–H and O–H groups in total. The highest BCUT2D eigenvalue weighted by Gasteiger charge is 2.57. The molecule has 2 nitrogen and oxygen atoms in total. The molecule has 1 unspecified atom stereocenters. The molecule has 0 spiro atoms. The average molecular weight is 504 g/mol. The van der Waals surface area contributed by atoms with Crippen LogP contribution in [0.15, 0.2) is 18.2 Å². The molecule has 1 radical (unpaired) electrons. The molecule has 8 heteroatoms. The Morgan fingerprint density at radius 1 is 1.18 bits per heavy atom. The third-order valence-corrected chi connectivity index (χ3v) is 10.2. The van der Waals surface area contributed by atoms with Crippen molar-refractivity contribution in [2.75, 3.05) is 11.5 Å². The van der Waals surface area contributed by atoms with Gasteiger partial charge in [0.2, 0.25) is 0 Å². The SMILES string of the molecule is C[C@]12CC[C@@H]3c4cc[c]cc4C[C@@H](CCC[S+]([O-])CCCC(F)(F)C(F)(F)F)[C@H]3[C@@H]1CCC2=O. The molecule has 0 aromatic heterocycles. The van der Waals surface area contributed by atoms with Crippen LogP contribution in [0.3, 0.4) is 0 Å². The number of benzene rings is 1. The summed E-state index contributed by atoms with van der Waals surface area (Å²) in [6.07, 6.45) is -1.50. The number of carbonyl (C=O) groups excluding carboxylic acids is 1. The van der Waals surface area contributed by atoms with Crippen molar-refractivity contribution in [3.8, 4) is 0 Å². The van der Waals surface area contributed by atoms with Gasteiger partial charge < -0.3 is 4.55 Å². The van der Waals surface area contributed by atoms with Gasteiger partial charge in [-0.25, -0.2) is 0 Å². The van der Waals surface area contributed by atoms with Gasteiger partial charge in [0.15, 0.2) is 0 Å². The topological polar surface area (TPSA) is 40.1 Å². The second kappa shape index (κ2) is 9.72. The van der Waals surface area contributed by atoms with E-state index >= 15 is 0 Å². The number of carbonyl (C=O) groups is 1. The molecule has 4 rings (SSSR count). The Labute approximate surface area is 201 Å². The standard InChI is InChI=1S/C26H32F5O2S/c1-24-13-11-20-19-8-3-2-6-17(19)16-18(23(20)21(24)9-10-22(24)32)7-4-14-34(33)15-5-12-25(27,28)26(29,30)31/h3,6,8,18,20-21,23H,4-5,7,9-16H2,1H3/t18-,20-,21+,23-,24+,34?/m1/s1. The van der Waals surface area contributed by atoms with Crippen molar-refractivity contribution in [3.05, 3.63) is 35.4 Å². The molecule has 0 aliphatic heterocycles. The summed E-state index contributed by atoms with van der Waals surface area (Å²) >= 11 is -1.42. The molecular formula is C26H32F5O2S. The first-order valence-corrected chi connectivity index (χ1v) is 13.7. The molecule has 3 aliphatic rings. The first-order valence-electron chi connectivity index (χ1n) is 12.3. The zero-order valence-corrected chi connectivity index (χ0v) is 20.3. The quantitative estimate of drug-likeness (QED) is 0.295. The monoisotopic (exact) mass is 503 g/mol. The molecule has 6 atom stereocenters. The molecule has 2 fully saturated rings. The predicted octanol–water partition coefficient (Wildman–Crippen LogP) is 6.64. The lowest BCUT2D eigenvalue weighted by atomic mass is 9.52. The molecule has 0 heterocycles. The number of ketones is 1. The molecule has 1 aromatic carbocycles. The van der Waals surface area contributed by atoms with Crippen LogP contribution in [0.5, 0.6) is 0 Å². The molecule has 3 aliphatic carbocycles. The third-order valence-electron chi connectivity index (χ3n) is 8.68. The Morgan fingerprint density at radius 2 is 1.91 bits per heavy atom. The number of alkyl halides is 5. The van der Waals surface area contributed by atoms with Gasteiger partial charge in [-0.1, -0.05) is 36.3 Å². The number of rotatable bonds is 8. The van der Waals surface area contributed by atoms with Crippen LogP contribution in [-0.4, -0.2) is 33.9 Å². The van der Waals surface area contributed by atoms with E-state index in [1.54, 1.807) is 0 Å². The van der Waals surface area contributed by atoms with Crippen LogP contribution in [0.4, 0.5) is 22.0 Å². The van der Waals surface area contributed by atoms with E-state index in [0.29, 0.717) is 48.0 Å². The van der Waals surface area contributed by atoms with Gasteiger partial charge in [-0.15, -0.1) is 0 Å². The lowest BCUT2D eigenvalue weighted by molar-refractivity contribution is -0.284. The molecule has 2 saturated carbocycles. The Kier molecular flexibility index (Phi) is 7.41. The Hall–Kier alpha value is -1.15. The van der Waals surface area contributed by atoms with Crippen molar-refractivity contribution in [2.24, 2.45) is 23.2 Å². The van der Waals surface area contributed by atoms with Gasteiger partial charge in [0.25, 0.3) is 0 Å². The second-order valence-electron chi connectivity index (χ2n) is 10.6. The van der Waals surface area contributed by atoms with Crippen molar-refractivity contribution in [2.45, 2.75) is 82.7 Å². The van der Waals surface area contributed by atoms with Gasteiger partial charge in [0, 0.05) is 18.3 Å². The van der Waals surface area contributed by atoms with Crippen molar-refractivity contribution in [1.82, 2.24) is 0 Å². The van der Waals surface area contributed by atoms with Gasteiger partial charge in [-0.2, -0.15) is 22.0 Å². The summed E-state index contributed by atoms with van der Waals surface area (Å²) in [4.78, 5) is 12.7. The van der Waals surface area contributed by atoms with Crippen LogP contribution in [0.25, 0.3) is 0 Å². The van der Waals surface area contributed by atoms with Crippen LogP contribution >= 0.6 is 0 Å². The van der Waals surface area contributed by atoms with E-state index in [0.717, 1.165) is 32.1 Å². The van der Waals surface area contributed by atoms with Crippen LogP contribution in [0.1, 0.15) is 75.3 Å². The molecule has 34 heavy (non-hydrogen) atoms. The van der Waals surface area contributed by atoms with Crippen LogP contribution in [0.2, 0.25) is 0 Å². The van der Waals surface area contributed by atoms with Gasteiger partial charge in [0.1, 0.15) is 17.3 Å². The van der Waals surface area contributed by atoms with Gasteiger partial charge in [-0.3, -0.25) is 4.79 Å². The van der Waals surface area contributed by atoms with Gasteiger partial charge in [0.05, 0.1) is 0 Å². The largest absolute Gasteiger partial charge is 0.616 e. The van der Waals surface area contributed by atoms with Crippen LogP contribution in [0, 0.1) is 29.2 Å². The molecule has 189 valence electrons. The summed E-state index contributed by atoms with van der Waals surface area (Å²) in [6, 6.07) is 9.34. The molecule has 1 aromatic rings. The van der Waals surface area contributed by atoms with Crippen molar-refractivity contribution >= 4 is 17.0 Å². The summed E-state index contributed by atoms with van der Waals surface area (Å²) in [6.45, 7) is 2.13. The smallest absolute Gasteiger partial charge is 0.453 e. The maximum atomic E-state index is 13.1. The number of hydrogen-bond donors (Lipinski definition) is 0. The second-order valence-corrected chi connectivity index (χ2v) is 12.3. The predicted molar refractivity (Wildman–Crippen MR) is 121 cm³/mol. The van der Waals surface area contributed by atoms with E-state index in [1.165, 1.54) is 11.1 Å². The van der Waals surface area contributed by atoms with Crippen LogP contribution < -0.4 is 0 Å². The summed E-state index contributed by atoms with van der Waals surface area (Å²) in [5, 5.41) is 0. The highest BCUT2D eigenvalue weighted by molar-refractivity contribution is 7.91. The minimum atomic E-state index is -5.56. The van der Waals surface area contributed by atoms with E-state index in [1.807, 2.05) is 12.1 Å². The fourth-order valence-corrected chi connectivity index (χ4v) is 8.08. The zero-order valence-electron chi connectivity index (χ0n) is 19.4. The number of halogens is 5. The molecule has 0 amide bonds. The summed E-state index contributed by atoms with van der Waals surface area (Å²) in [5.74, 6) is -2.72. The molecule has 0 saturated heterocycles. The minimum Gasteiger partial charge on any atom is -0.616 e. The highest BCUT2D eigenvalue weighted by Crippen LogP contribution is 2.61. The Bertz CT molecular complexity index is 888. The fraction of sp³-hybridized carbons (Fsp3) is 0.731. The first-order chi connectivity index (χ1) is 15.9. The van der Waals surface area contributed by atoms with E-state index in [2.05, 4.69) is 19.1 Å². The number of Topliss-reactive ketones (excluding diaryl/α,β-unsaturated/α-hetero) is 1. The number of hydrogen-bond acceptors (Lipinski definition) is 2. The highest BCUT2D eigenvalue weighted by atomic mass is 32.2.